The monoisotopic (exact) mass is 243 g/mol. The molecule has 0 spiro atoms. The third-order valence-corrected chi connectivity index (χ3v) is 3.36. The molecule has 0 heterocycles. The third-order valence-electron chi connectivity index (χ3n) is 3.36. The highest BCUT2D eigenvalue weighted by Gasteiger charge is 2.46. The van der Waals surface area contributed by atoms with E-state index in [0.29, 0.717) is 19.0 Å². The number of carbonyl (C=O) groups excluding carboxylic acids is 1. The predicted octanol–water partition coefficient (Wildman–Crippen LogP) is 1.47. The van der Waals surface area contributed by atoms with Crippen molar-refractivity contribution < 1.29 is 14.6 Å². The SMILES string of the molecule is CC(C)(C)OC(=O)CCNC1CC(O)C1(C)C. The van der Waals surface area contributed by atoms with E-state index in [1.807, 2.05) is 34.6 Å². The minimum atomic E-state index is -0.414. The molecule has 4 heteroatoms. The summed E-state index contributed by atoms with van der Waals surface area (Å²) in [6.07, 6.45) is 0.905. The van der Waals surface area contributed by atoms with Gasteiger partial charge in [0.1, 0.15) is 5.60 Å². The summed E-state index contributed by atoms with van der Waals surface area (Å²) < 4.78 is 5.22. The van der Waals surface area contributed by atoms with Crippen molar-refractivity contribution in [2.45, 2.75) is 65.2 Å². The first-order valence-corrected chi connectivity index (χ1v) is 6.26. The van der Waals surface area contributed by atoms with Crippen molar-refractivity contribution in [1.29, 1.82) is 0 Å². The van der Waals surface area contributed by atoms with Gasteiger partial charge in [0.05, 0.1) is 12.5 Å². The zero-order chi connectivity index (χ0) is 13.3. The Balaban J connectivity index is 2.19. The first-order valence-electron chi connectivity index (χ1n) is 6.26. The number of nitrogens with one attached hydrogen (secondary N) is 1. The number of rotatable bonds is 4. The summed E-state index contributed by atoms with van der Waals surface area (Å²) in [5, 5.41) is 12.9. The first kappa shape index (κ1) is 14.5. The van der Waals surface area contributed by atoms with Gasteiger partial charge in [0.2, 0.25) is 0 Å². The molecule has 0 aliphatic heterocycles. The van der Waals surface area contributed by atoms with E-state index in [4.69, 9.17) is 4.74 Å². The van der Waals surface area contributed by atoms with Gasteiger partial charge in [-0.05, 0) is 27.2 Å². The zero-order valence-corrected chi connectivity index (χ0v) is 11.5. The maximum atomic E-state index is 11.5. The molecule has 4 nitrogen and oxygen atoms in total. The first-order chi connectivity index (χ1) is 7.63. The highest BCUT2D eigenvalue weighted by Crippen LogP contribution is 2.40. The molecule has 2 atom stereocenters. The van der Waals surface area contributed by atoms with Gasteiger partial charge in [-0.25, -0.2) is 0 Å². The molecule has 0 aromatic rings. The molecule has 100 valence electrons. The van der Waals surface area contributed by atoms with E-state index in [9.17, 15) is 9.90 Å². The molecule has 1 rings (SSSR count). The van der Waals surface area contributed by atoms with Gasteiger partial charge in [-0.1, -0.05) is 13.8 Å². The third kappa shape index (κ3) is 3.96. The van der Waals surface area contributed by atoms with E-state index in [1.54, 1.807) is 0 Å². The highest BCUT2D eigenvalue weighted by molar-refractivity contribution is 5.70. The number of carbonyl (C=O) groups is 1. The molecule has 2 N–H and O–H groups in total. The summed E-state index contributed by atoms with van der Waals surface area (Å²) in [6, 6.07) is 0.292. The molecule has 0 aromatic heterocycles. The lowest BCUT2D eigenvalue weighted by molar-refractivity contribution is -0.154. The van der Waals surface area contributed by atoms with E-state index in [0.717, 1.165) is 6.42 Å². The maximum absolute atomic E-state index is 11.5. The second-order valence-corrected chi connectivity index (χ2v) is 6.42. The van der Waals surface area contributed by atoms with E-state index in [-0.39, 0.29) is 17.5 Å². The Labute approximate surface area is 104 Å². The van der Waals surface area contributed by atoms with Gasteiger partial charge in [0.25, 0.3) is 0 Å². The molecule has 1 fully saturated rings. The summed E-state index contributed by atoms with van der Waals surface area (Å²) >= 11 is 0. The molecule has 17 heavy (non-hydrogen) atoms. The maximum Gasteiger partial charge on any atom is 0.307 e. The van der Waals surface area contributed by atoms with Crippen molar-refractivity contribution >= 4 is 5.97 Å². The molecule has 1 saturated carbocycles. The Morgan fingerprint density at radius 1 is 1.47 bits per heavy atom. The van der Waals surface area contributed by atoms with Crippen LogP contribution in [0.4, 0.5) is 0 Å². The van der Waals surface area contributed by atoms with Gasteiger partial charge in [-0.2, -0.15) is 0 Å². The molecule has 0 amide bonds. The van der Waals surface area contributed by atoms with Gasteiger partial charge >= 0.3 is 5.97 Å². The van der Waals surface area contributed by atoms with Crippen molar-refractivity contribution in [2.24, 2.45) is 5.41 Å². The van der Waals surface area contributed by atoms with E-state index in [2.05, 4.69) is 5.32 Å². The van der Waals surface area contributed by atoms with Crippen LogP contribution in [0.25, 0.3) is 0 Å². The minimum Gasteiger partial charge on any atom is -0.460 e. The van der Waals surface area contributed by atoms with Crippen LogP contribution < -0.4 is 5.32 Å². The second-order valence-electron chi connectivity index (χ2n) is 6.42. The molecular weight excluding hydrogens is 218 g/mol. The van der Waals surface area contributed by atoms with Crippen LogP contribution in [0.2, 0.25) is 0 Å². The van der Waals surface area contributed by atoms with Crippen LogP contribution in [0.5, 0.6) is 0 Å². The van der Waals surface area contributed by atoms with Crippen molar-refractivity contribution in [1.82, 2.24) is 5.32 Å². The summed E-state index contributed by atoms with van der Waals surface area (Å²) in [7, 11) is 0. The summed E-state index contributed by atoms with van der Waals surface area (Å²) in [4.78, 5) is 11.5. The fourth-order valence-corrected chi connectivity index (χ4v) is 1.99. The predicted molar refractivity (Wildman–Crippen MR) is 66.7 cm³/mol. The van der Waals surface area contributed by atoms with Gasteiger partial charge in [-0.15, -0.1) is 0 Å². The Hall–Kier alpha value is -0.610. The summed E-state index contributed by atoms with van der Waals surface area (Å²) in [5.41, 5.74) is -0.503. The average molecular weight is 243 g/mol. The number of hydrogen-bond acceptors (Lipinski definition) is 4. The average Bonchev–Trinajstić information content (AvgIpc) is 2.13. The molecule has 0 bridgehead atoms. The lowest BCUT2D eigenvalue weighted by Crippen LogP contribution is -2.60. The molecule has 1 aliphatic carbocycles. The number of aliphatic hydroxyl groups is 1. The smallest absolute Gasteiger partial charge is 0.307 e. The van der Waals surface area contributed by atoms with Crippen LogP contribution in [-0.4, -0.2) is 35.4 Å². The molecule has 0 radical (unpaired) electrons. The van der Waals surface area contributed by atoms with Gasteiger partial charge < -0.3 is 15.2 Å². The van der Waals surface area contributed by atoms with Crippen LogP contribution in [-0.2, 0) is 9.53 Å². The lowest BCUT2D eigenvalue weighted by atomic mass is 9.64. The van der Waals surface area contributed by atoms with Crippen LogP contribution >= 0.6 is 0 Å². The van der Waals surface area contributed by atoms with Gasteiger partial charge in [-0.3, -0.25) is 4.79 Å². The van der Waals surface area contributed by atoms with Crippen molar-refractivity contribution in [3.8, 4) is 0 Å². The van der Waals surface area contributed by atoms with Crippen molar-refractivity contribution in [2.75, 3.05) is 6.54 Å². The van der Waals surface area contributed by atoms with E-state index >= 15 is 0 Å². The van der Waals surface area contributed by atoms with Crippen LogP contribution in [0.1, 0.15) is 47.5 Å². The van der Waals surface area contributed by atoms with Crippen molar-refractivity contribution in [3.05, 3.63) is 0 Å². The molecule has 0 aromatic carbocycles. The normalized spacial score (nSPS) is 27.4. The minimum absolute atomic E-state index is 0.0894. The van der Waals surface area contributed by atoms with Crippen LogP contribution in [0, 0.1) is 5.41 Å². The molecular formula is C13H25NO3. The topological polar surface area (TPSA) is 58.6 Å². The van der Waals surface area contributed by atoms with Crippen molar-refractivity contribution in [3.63, 3.8) is 0 Å². The van der Waals surface area contributed by atoms with Crippen LogP contribution in [0.3, 0.4) is 0 Å². The van der Waals surface area contributed by atoms with E-state index in [1.165, 1.54) is 0 Å². The number of esters is 1. The Kier molecular flexibility index (Phi) is 4.20. The Morgan fingerprint density at radius 2 is 2.06 bits per heavy atom. The summed E-state index contributed by atoms with van der Waals surface area (Å²) in [5.74, 6) is -0.178. The molecule has 1 aliphatic rings. The molecule has 2 unspecified atom stereocenters. The second kappa shape index (κ2) is 4.94. The summed E-state index contributed by atoms with van der Waals surface area (Å²) in [6.45, 7) is 10.3. The zero-order valence-electron chi connectivity index (χ0n) is 11.5. The number of hydrogen-bond donors (Lipinski definition) is 2. The van der Waals surface area contributed by atoms with Crippen LogP contribution in [0.15, 0.2) is 0 Å². The van der Waals surface area contributed by atoms with Gasteiger partial charge in [0, 0.05) is 18.0 Å². The standard InChI is InChI=1S/C13H25NO3/c1-12(2,3)17-11(16)6-7-14-9-8-10(15)13(9,4)5/h9-10,14-15H,6-8H2,1-5H3. The Morgan fingerprint density at radius 3 is 2.47 bits per heavy atom. The fourth-order valence-electron chi connectivity index (χ4n) is 1.99. The van der Waals surface area contributed by atoms with Gasteiger partial charge in [0.15, 0.2) is 0 Å². The fraction of sp³-hybridized carbons (Fsp3) is 0.923. The number of aliphatic hydroxyl groups excluding tert-OH is 1. The Bertz CT molecular complexity index is 281. The quantitative estimate of drug-likeness (QED) is 0.734. The highest BCUT2D eigenvalue weighted by atomic mass is 16.6. The number of ether oxygens (including phenoxy) is 1. The van der Waals surface area contributed by atoms with E-state index < -0.39 is 5.60 Å². The lowest BCUT2D eigenvalue weighted by Gasteiger charge is -2.49. The largest absolute Gasteiger partial charge is 0.460 e. The molecule has 0 saturated heterocycles.